The third-order valence-corrected chi connectivity index (χ3v) is 3.37. The monoisotopic (exact) mass is 274 g/mol. The lowest BCUT2D eigenvalue weighted by molar-refractivity contribution is 0.591. The van der Waals surface area contributed by atoms with E-state index in [-0.39, 0.29) is 0 Å². The van der Waals surface area contributed by atoms with Crippen molar-refractivity contribution in [2.45, 2.75) is 17.7 Å². The molecule has 2 nitrogen and oxygen atoms in total. The van der Waals surface area contributed by atoms with Crippen molar-refractivity contribution in [2.75, 3.05) is 18.0 Å². The van der Waals surface area contributed by atoms with Gasteiger partial charge in [-0.15, -0.1) is 0 Å². The number of alkyl halides is 1. The fourth-order valence-corrected chi connectivity index (χ4v) is 2.47. The normalized spacial score (nSPS) is 22.4. The molecule has 1 aliphatic rings. The molecule has 0 aliphatic carbocycles. The third-order valence-electron chi connectivity index (χ3n) is 2.40. The molecule has 2 heterocycles. The van der Waals surface area contributed by atoms with Gasteiger partial charge in [0.15, 0.2) is 0 Å². The molecule has 14 heavy (non-hydrogen) atoms. The van der Waals surface area contributed by atoms with E-state index in [1.54, 1.807) is 6.20 Å². The van der Waals surface area contributed by atoms with Gasteiger partial charge in [0.25, 0.3) is 0 Å². The van der Waals surface area contributed by atoms with Gasteiger partial charge in [-0.3, -0.25) is 0 Å². The van der Waals surface area contributed by atoms with Crippen LogP contribution in [0.2, 0.25) is 5.02 Å². The molecule has 2 rings (SSSR count). The Morgan fingerprint density at radius 1 is 1.50 bits per heavy atom. The largest absolute Gasteiger partial charge is 0.356 e. The average Bonchev–Trinajstić information content (AvgIpc) is 2.19. The minimum absolute atomic E-state index is 0.591. The molecule has 0 radical (unpaired) electrons. The molecule has 0 amide bonds. The summed E-state index contributed by atoms with van der Waals surface area (Å²) in [5, 5.41) is 0.696. The summed E-state index contributed by atoms with van der Waals surface area (Å²) in [6.07, 6.45) is 4.18. The summed E-state index contributed by atoms with van der Waals surface area (Å²) in [7, 11) is 0. The lowest BCUT2D eigenvalue weighted by Crippen LogP contribution is -2.36. The summed E-state index contributed by atoms with van der Waals surface area (Å²) in [5.41, 5.74) is 0. The fraction of sp³-hybridized carbons (Fsp3) is 0.500. The molecule has 76 valence electrons. The first kappa shape index (κ1) is 10.2. The minimum Gasteiger partial charge on any atom is -0.356 e. The second-order valence-electron chi connectivity index (χ2n) is 3.52. The summed E-state index contributed by atoms with van der Waals surface area (Å²) < 4.78 is 0. The predicted molar refractivity (Wildman–Crippen MR) is 63.4 cm³/mol. The quantitative estimate of drug-likeness (QED) is 0.732. The molecular weight excluding hydrogens is 263 g/mol. The molecule has 1 unspecified atom stereocenters. The molecular formula is C10H12BrClN2. The predicted octanol–water partition coefficient (Wildman–Crippen LogP) is 3.10. The first-order valence-corrected chi connectivity index (χ1v) is 6.05. The lowest BCUT2D eigenvalue weighted by Gasteiger charge is -2.30. The van der Waals surface area contributed by atoms with Crippen molar-refractivity contribution >= 4 is 33.3 Å². The van der Waals surface area contributed by atoms with Crippen molar-refractivity contribution in [3.8, 4) is 0 Å². The van der Waals surface area contributed by atoms with Crippen LogP contribution in [0.3, 0.4) is 0 Å². The highest BCUT2D eigenvalue weighted by molar-refractivity contribution is 9.09. The fourth-order valence-electron chi connectivity index (χ4n) is 1.69. The van der Waals surface area contributed by atoms with Crippen LogP contribution in [-0.2, 0) is 0 Å². The maximum atomic E-state index is 5.79. The molecule has 1 saturated heterocycles. The van der Waals surface area contributed by atoms with E-state index in [1.165, 1.54) is 12.8 Å². The average molecular weight is 276 g/mol. The zero-order valence-electron chi connectivity index (χ0n) is 7.79. The van der Waals surface area contributed by atoms with Gasteiger partial charge in [-0.05, 0) is 25.0 Å². The van der Waals surface area contributed by atoms with Crippen LogP contribution in [0, 0.1) is 0 Å². The second kappa shape index (κ2) is 4.49. The Balaban J connectivity index is 2.10. The van der Waals surface area contributed by atoms with Crippen molar-refractivity contribution in [3.63, 3.8) is 0 Å². The number of anilines is 1. The number of pyridine rings is 1. The second-order valence-corrected chi connectivity index (χ2v) is 5.25. The van der Waals surface area contributed by atoms with Gasteiger partial charge in [0.05, 0.1) is 5.02 Å². The van der Waals surface area contributed by atoms with Gasteiger partial charge in [-0.25, -0.2) is 4.98 Å². The summed E-state index contributed by atoms with van der Waals surface area (Å²) in [4.78, 5) is 7.19. The van der Waals surface area contributed by atoms with Crippen LogP contribution in [-0.4, -0.2) is 22.9 Å². The van der Waals surface area contributed by atoms with Crippen LogP contribution in [0.15, 0.2) is 18.3 Å². The number of piperidine rings is 1. The molecule has 4 heteroatoms. The Morgan fingerprint density at radius 3 is 3.00 bits per heavy atom. The van der Waals surface area contributed by atoms with E-state index in [0.717, 1.165) is 18.9 Å². The van der Waals surface area contributed by atoms with E-state index in [1.807, 2.05) is 12.1 Å². The summed E-state index contributed by atoms with van der Waals surface area (Å²) in [5.74, 6) is 1.03. The van der Waals surface area contributed by atoms with Crippen molar-refractivity contribution < 1.29 is 0 Å². The summed E-state index contributed by atoms with van der Waals surface area (Å²) in [6.45, 7) is 2.13. The molecule has 1 atom stereocenters. The first-order chi connectivity index (χ1) is 6.75. The molecule has 0 spiro atoms. The smallest absolute Gasteiger partial charge is 0.128 e. The highest BCUT2D eigenvalue weighted by Gasteiger charge is 2.18. The standard InChI is InChI=1S/C10H12BrClN2/c11-8-2-1-5-14(7-8)10-4-3-9(12)6-13-10/h3-4,6,8H,1-2,5,7H2. The van der Waals surface area contributed by atoms with Gasteiger partial charge < -0.3 is 4.90 Å². The molecule has 1 fully saturated rings. The van der Waals surface area contributed by atoms with Crippen molar-refractivity contribution in [1.82, 2.24) is 4.98 Å². The first-order valence-electron chi connectivity index (χ1n) is 4.76. The van der Waals surface area contributed by atoms with Crippen molar-refractivity contribution in [1.29, 1.82) is 0 Å². The molecule has 1 aromatic rings. The van der Waals surface area contributed by atoms with E-state index in [4.69, 9.17) is 11.6 Å². The Morgan fingerprint density at radius 2 is 2.36 bits per heavy atom. The SMILES string of the molecule is Clc1ccc(N2CCCC(Br)C2)nc1. The Bertz CT molecular complexity index is 301. The van der Waals surface area contributed by atoms with E-state index in [2.05, 4.69) is 25.8 Å². The maximum Gasteiger partial charge on any atom is 0.128 e. The molecule has 0 aromatic carbocycles. The van der Waals surface area contributed by atoms with Gasteiger partial charge in [-0.2, -0.15) is 0 Å². The topological polar surface area (TPSA) is 16.1 Å². The molecule has 1 aliphatic heterocycles. The number of rotatable bonds is 1. The maximum absolute atomic E-state index is 5.79. The van der Waals surface area contributed by atoms with E-state index < -0.39 is 0 Å². The van der Waals surface area contributed by atoms with Gasteiger partial charge in [0.2, 0.25) is 0 Å². The van der Waals surface area contributed by atoms with Crippen LogP contribution >= 0.6 is 27.5 Å². The molecule has 0 bridgehead atoms. The number of halogens is 2. The zero-order chi connectivity index (χ0) is 9.97. The van der Waals surface area contributed by atoms with Crippen molar-refractivity contribution in [3.05, 3.63) is 23.4 Å². The van der Waals surface area contributed by atoms with E-state index >= 15 is 0 Å². The molecule has 1 aromatic heterocycles. The number of hydrogen-bond acceptors (Lipinski definition) is 2. The highest BCUT2D eigenvalue weighted by Crippen LogP contribution is 2.22. The Kier molecular flexibility index (Phi) is 3.29. The Hall–Kier alpha value is -0.280. The van der Waals surface area contributed by atoms with E-state index in [9.17, 15) is 0 Å². The van der Waals surface area contributed by atoms with Gasteiger partial charge >= 0.3 is 0 Å². The summed E-state index contributed by atoms with van der Waals surface area (Å²) >= 11 is 9.43. The van der Waals surface area contributed by atoms with Gasteiger partial charge in [-0.1, -0.05) is 27.5 Å². The van der Waals surface area contributed by atoms with Crippen molar-refractivity contribution in [2.24, 2.45) is 0 Å². The van der Waals surface area contributed by atoms with Crippen LogP contribution in [0.25, 0.3) is 0 Å². The summed E-state index contributed by atoms with van der Waals surface area (Å²) in [6, 6.07) is 3.87. The number of aromatic nitrogens is 1. The van der Waals surface area contributed by atoms with Crippen LogP contribution < -0.4 is 4.90 Å². The Labute approximate surface area is 97.4 Å². The van der Waals surface area contributed by atoms with Gasteiger partial charge in [0.1, 0.15) is 5.82 Å². The lowest BCUT2D eigenvalue weighted by atomic mass is 10.1. The highest BCUT2D eigenvalue weighted by atomic mass is 79.9. The molecule has 0 saturated carbocycles. The van der Waals surface area contributed by atoms with Crippen LogP contribution in [0.5, 0.6) is 0 Å². The van der Waals surface area contributed by atoms with Crippen LogP contribution in [0.1, 0.15) is 12.8 Å². The van der Waals surface area contributed by atoms with Gasteiger partial charge in [0, 0.05) is 24.1 Å². The third kappa shape index (κ3) is 2.39. The van der Waals surface area contributed by atoms with Crippen LogP contribution in [0.4, 0.5) is 5.82 Å². The zero-order valence-corrected chi connectivity index (χ0v) is 10.1. The van der Waals surface area contributed by atoms with E-state index in [0.29, 0.717) is 9.85 Å². The minimum atomic E-state index is 0.591. The number of nitrogens with zero attached hydrogens (tertiary/aromatic N) is 2. The molecule has 0 N–H and O–H groups in total. The number of hydrogen-bond donors (Lipinski definition) is 0.